The molecule has 0 atom stereocenters. The number of hydrogen-bond acceptors (Lipinski definition) is 5. The first kappa shape index (κ1) is 14.5. The van der Waals surface area contributed by atoms with Crippen molar-refractivity contribution in [3.05, 3.63) is 28.5 Å². The molecule has 1 aliphatic carbocycles. The number of amides is 1. The average molecular weight is 305 g/mol. The minimum absolute atomic E-state index is 0.0241. The highest BCUT2D eigenvalue weighted by molar-refractivity contribution is 5.77. The van der Waals surface area contributed by atoms with Gasteiger partial charge < -0.3 is 9.88 Å². The van der Waals surface area contributed by atoms with Crippen LogP contribution in [-0.4, -0.2) is 35.9 Å². The van der Waals surface area contributed by atoms with Gasteiger partial charge in [-0.05, 0) is 12.8 Å². The van der Waals surface area contributed by atoms with Crippen LogP contribution in [0, 0.1) is 0 Å². The summed E-state index contributed by atoms with van der Waals surface area (Å²) in [4.78, 5) is 25.2. The second-order valence-corrected chi connectivity index (χ2v) is 5.52. The number of aromatic amines is 2. The third-order valence-corrected chi connectivity index (χ3v) is 3.94. The fourth-order valence-electron chi connectivity index (χ4n) is 2.84. The molecule has 3 rings (SSSR count). The Morgan fingerprint density at radius 1 is 1.36 bits per heavy atom. The van der Waals surface area contributed by atoms with Crippen LogP contribution in [0.25, 0.3) is 0 Å². The van der Waals surface area contributed by atoms with Crippen molar-refractivity contribution in [2.75, 3.05) is 0 Å². The number of carbonyl (C=O) groups excluding carboxylic acids is 1. The Morgan fingerprint density at radius 3 is 2.91 bits per heavy atom. The lowest BCUT2D eigenvalue weighted by Crippen LogP contribution is -2.27. The summed E-state index contributed by atoms with van der Waals surface area (Å²) < 4.78 is 2.07. The van der Waals surface area contributed by atoms with Crippen LogP contribution in [0.2, 0.25) is 0 Å². The van der Waals surface area contributed by atoms with E-state index in [1.165, 1.54) is 19.3 Å². The lowest BCUT2D eigenvalue weighted by molar-refractivity contribution is -0.120. The van der Waals surface area contributed by atoms with Crippen LogP contribution in [0.15, 0.2) is 11.1 Å². The Bertz CT molecular complexity index is 680. The average Bonchev–Trinajstić information content (AvgIpc) is 3.15. The SMILES string of the molecule is O=C(Cc1n[nH]c(=O)[nH]1)NCc1nncn1C1CCCCC1. The van der Waals surface area contributed by atoms with E-state index in [0.717, 1.165) is 18.7 Å². The number of aromatic nitrogens is 6. The molecule has 0 aromatic carbocycles. The molecule has 0 unspecified atom stereocenters. The Labute approximate surface area is 126 Å². The van der Waals surface area contributed by atoms with Crippen molar-refractivity contribution in [3.63, 3.8) is 0 Å². The van der Waals surface area contributed by atoms with E-state index in [9.17, 15) is 9.59 Å². The predicted octanol–water partition coefficient (Wildman–Crippen LogP) is 0.0536. The molecule has 2 heterocycles. The number of hydrogen-bond donors (Lipinski definition) is 3. The summed E-state index contributed by atoms with van der Waals surface area (Å²) in [6.07, 6.45) is 7.76. The highest BCUT2D eigenvalue weighted by atomic mass is 16.2. The van der Waals surface area contributed by atoms with Gasteiger partial charge in [0.1, 0.15) is 12.2 Å². The topological polar surface area (TPSA) is 121 Å². The number of carbonyl (C=O) groups is 1. The molecule has 22 heavy (non-hydrogen) atoms. The van der Waals surface area contributed by atoms with Crippen LogP contribution < -0.4 is 11.0 Å². The van der Waals surface area contributed by atoms with Crippen molar-refractivity contribution >= 4 is 5.91 Å². The fraction of sp³-hybridized carbons (Fsp3) is 0.615. The number of rotatable bonds is 5. The molecule has 118 valence electrons. The van der Waals surface area contributed by atoms with Crippen molar-refractivity contribution in [3.8, 4) is 0 Å². The van der Waals surface area contributed by atoms with E-state index < -0.39 is 5.69 Å². The summed E-state index contributed by atoms with van der Waals surface area (Å²) in [5, 5.41) is 16.8. The Kier molecular flexibility index (Phi) is 4.31. The summed E-state index contributed by atoms with van der Waals surface area (Å²) in [5.74, 6) is 0.855. The van der Waals surface area contributed by atoms with Gasteiger partial charge in [-0.3, -0.25) is 9.78 Å². The minimum Gasteiger partial charge on any atom is -0.348 e. The van der Waals surface area contributed by atoms with Gasteiger partial charge in [0.05, 0.1) is 13.0 Å². The second kappa shape index (κ2) is 6.54. The van der Waals surface area contributed by atoms with Gasteiger partial charge in [0.25, 0.3) is 0 Å². The molecular formula is C13H19N7O2. The molecule has 2 aromatic rings. The fourth-order valence-corrected chi connectivity index (χ4v) is 2.84. The molecular weight excluding hydrogens is 286 g/mol. The summed E-state index contributed by atoms with van der Waals surface area (Å²) in [7, 11) is 0. The summed E-state index contributed by atoms with van der Waals surface area (Å²) in [5.41, 5.74) is -0.417. The van der Waals surface area contributed by atoms with E-state index in [1.54, 1.807) is 6.33 Å². The number of nitrogens with one attached hydrogen (secondary N) is 3. The maximum atomic E-state index is 11.9. The molecule has 2 aromatic heterocycles. The molecule has 1 fully saturated rings. The zero-order chi connectivity index (χ0) is 15.4. The molecule has 0 bridgehead atoms. The van der Waals surface area contributed by atoms with Crippen molar-refractivity contribution in [1.82, 2.24) is 35.3 Å². The normalized spacial score (nSPS) is 15.8. The highest BCUT2D eigenvalue weighted by Gasteiger charge is 2.18. The van der Waals surface area contributed by atoms with Gasteiger partial charge in [-0.15, -0.1) is 10.2 Å². The molecule has 9 nitrogen and oxygen atoms in total. The zero-order valence-electron chi connectivity index (χ0n) is 12.2. The van der Waals surface area contributed by atoms with Gasteiger partial charge >= 0.3 is 5.69 Å². The molecule has 0 saturated heterocycles. The van der Waals surface area contributed by atoms with Crippen LogP contribution in [0.5, 0.6) is 0 Å². The molecule has 0 radical (unpaired) electrons. The lowest BCUT2D eigenvalue weighted by atomic mass is 9.95. The first-order valence-corrected chi connectivity index (χ1v) is 7.51. The monoisotopic (exact) mass is 305 g/mol. The van der Waals surface area contributed by atoms with E-state index in [-0.39, 0.29) is 12.3 Å². The molecule has 1 saturated carbocycles. The van der Waals surface area contributed by atoms with E-state index in [1.807, 2.05) is 0 Å². The molecule has 0 spiro atoms. The quantitative estimate of drug-likeness (QED) is 0.721. The van der Waals surface area contributed by atoms with Crippen molar-refractivity contribution in [2.45, 2.75) is 51.1 Å². The summed E-state index contributed by atoms with van der Waals surface area (Å²) >= 11 is 0. The number of H-pyrrole nitrogens is 2. The van der Waals surface area contributed by atoms with Crippen LogP contribution >= 0.6 is 0 Å². The van der Waals surface area contributed by atoms with Gasteiger partial charge in [-0.25, -0.2) is 9.89 Å². The highest BCUT2D eigenvalue weighted by Crippen LogP contribution is 2.28. The third-order valence-electron chi connectivity index (χ3n) is 3.94. The van der Waals surface area contributed by atoms with Crippen molar-refractivity contribution < 1.29 is 4.79 Å². The first-order chi connectivity index (χ1) is 10.7. The predicted molar refractivity (Wildman–Crippen MR) is 76.9 cm³/mol. The summed E-state index contributed by atoms with van der Waals surface area (Å²) in [6.45, 7) is 0.323. The molecule has 1 amide bonds. The maximum absolute atomic E-state index is 11.9. The standard InChI is InChI=1S/C13H19N7O2/c21-12(6-10-16-13(22)19-17-10)14-7-11-18-15-8-20(11)9-4-2-1-3-5-9/h8-9H,1-7H2,(H,14,21)(H2,16,17,19,22). The van der Waals surface area contributed by atoms with Crippen molar-refractivity contribution in [1.29, 1.82) is 0 Å². The van der Waals surface area contributed by atoms with Crippen molar-refractivity contribution in [2.24, 2.45) is 0 Å². The van der Waals surface area contributed by atoms with Gasteiger partial charge in [0.15, 0.2) is 5.82 Å². The van der Waals surface area contributed by atoms with Gasteiger partial charge in [0.2, 0.25) is 5.91 Å². The number of nitrogens with zero attached hydrogens (tertiary/aromatic N) is 4. The minimum atomic E-state index is -0.417. The maximum Gasteiger partial charge on any atom is 0.340 e. The Hall–Kier alpha value is -2.45. The molecule has 1 aliphatic rings. The zero-order valence-corrected chi connectivity index (χ0v) is 12.2. The van der Waals surface area contributed by atoms with Crippen LogP contribution in [0.1, 0.15) is 49.8 Å². The van der Waals surface area contributed by atoms with Crippen LogP contribution in [0.3, 0.4) is 0 Å². The van der Waals surface area contributed by atoms with Gasteiger partial charge in [-0.1, -0.05) is 19.3 Å². The van der Waals surface area contributed by atoms with Crippen LogP contribution in [-0.2, 0) is 17.8 Å². The molecule has 9 heteroatoms. The smallest absolute Gasteiger partial charge is 0.340 e. The third kappa shape index (κ3) is 3.41. The lowest BCUT2D eigenvalue weighted by Gasteiger charge is -2.23. The Balaban J connectivity index is 1.56. The Morgan fingerprint density at radius 2 is 2.18 bits per heavy atom. The second-order valence-electron chi connectivity index (χ2n) is 5.52. The van der Waals surface area contributed by atoms with E-state index in [2.05, 4.69) is 35.3 Å². The largest absolute Gasteiger partial charge is 0.348 e. The van der Waals surface area contributed by atoms with Gasteiger partial charge in [0, 0.05) is 6.04 Å². The van der Waals surface area contributed by atoms with E-state index in [4.69, 9.17) is 0 Å². The molecule has 3 N–H and O–H groups in total. The van der Waals surface area contributed by atoms with Crippen LogP contribution in [0.4, 0.5) is 0 Å². The van der Waals surface area contributed by atoms with Gasteiger partial charge in [-0.2, -0.15) is 5.10 Å². The van der Waals surface area contributed by atoms with E-state index >= 15 is 0 Å². The molecule has 0 aliphatic heterocycles. The first-order valence-electron chi connectivity index (χ1n) is 7.51. The van der Waals surface area contributed by atoms with E-state index in [0.29, 0.717) is 18.4 Å². The summed E-state index contributed by atoms with van der Waals surface area (Å²) in [6, 6.07) is 0.429.